The van der Waals surface area contributed by atoms with Crippen molar-refractivity contribution in [3.63, 3.8) is 0 Å². The number of rotatable bonds is 4. The molecule has 4 heteroatoms. The lowest BCUT2D eigenvalue weighted by atomic mass is 9.84. The minimum Gasteiger partial charge on any atom is -0.398 e. The summed E-state index contributed by atoms with van der Waals surface area (Å²) in [6, 6.07) is 7.87. The predicted molar refractivity (Wildman–Crippen MR) is 113 cm³/mol. The molecule has 136 valence electrons. The lowest BCUT2D eigenvalue weighted by Gasteiger charge is -2.22. The monoisotopic (exact) mass is 356 g/mol. The Labute approximate surface area is 158 Å². The van der Waals surface area contributed by atoms with Gasteiger partial charge in [0.25, 0.3) is 0 Å². The maximum atomic E-state index is 6.37. The van der Waals surface area contributed by atoms with Crippen molar-refractivity contribution < 1.29 is 0 Å². The van der Waals surface area contributed by atoms with Crippen LogP contribution in [0.3, 0.4) is 0 Å². The van der Waals surface area contributed by atoms with E-state index in [0.29, 0.717) is 0 Å². The summed E-state index contributed by atoms with van der Waals surface area (Å²) < 4.78 is 0. The third kappa shape index (κ3) is 3.56. The number of nitrogens with two attached hydrogens (primary N) is 1. The van der Waals surface area contributed by atoms with Gasteiger partial charge in [0.05, 0.1) is 17.1 Å². The van der Waals surface area contributed by atoms with Crippen LogP contribution in [-0.2, 0) is 0 Å². The van der Waals surface area contributed by atoms with Gasteiger partial charge in [-0.3, -0.25) is 10.1 Å². The lowest BCUT2D eigenvalue weighted by molar-refractivity contribution is 0.705. The molecule has 2 heterocycles. The van der Waals surface area contributed by atoms with Crippen LogP contribution < -0.4 is 16.3 Å². The smallest absolute Gasteiger partial charge is 0.0695 e. The lowest BCUT2D eigenvalue weighted by Crippen LogP contribution is -2.25. The molecule has 1 aliphatic rings. The highest BCUT2D eigenvalue weighted by molar-refractivity contribution is 5.97. The van der Waals surface area contributed by atoms with Crippen LogP contribution in [0.2, 0.25) is 0 Å². The second-order valence-corrected chi connectivity index (χ2v) is 7.00. The van der Waals surface area contributed by atoms with Crippen molar-refractivity contribution in [2.24, 2.45) is 0 Å². The number of pyridine rings is 1. The van der Waals surface area contributed by atoms with E-state index in [0.717, 1.165) is 52.0 Å². The average Bonchev–Trinajstić information content (AvgIpc) is 3.16. The fourth-order valence-electron chi connectivity index (χ4n) is 3.84. The van der Waals surface area contributed by atoms with Gasteiger partial charge in [-0.15, -0.1) is 0 Å². The predicted octanol–water partition coefficient (Wildman–Crippen LogP) is 3.71. The molecule has 0 saturated heterocycles. The van der Waals surface area contributed by atoms with Crippen LogP contribution in [0.15, 0.2) is 54.4 Å². The van der Waals surface area contributed by atoms with Gasteiger partial charge in [0.1, 0.15) is 0 Å². The van der Waals surface area contributed by atoms with Crippen molar-refractivity contribution in [1.82, 2.24) is 15.2 Å². The fraction of sp³-hybridized carbons (Fsp3) is 0.217. The molecule has 27 heavy (non-hydrogen) atoms. The molecule has 0 fully saturated rings. The standard InChI is InChI=1S/C23H24N4/c1-16-7-6-14-25-21(16)11-5-3-9-17-8-2-4-10-18(17)23-19-15-26-27-22(19)13-12-20(23)24/h3,5-7,11-15H,1-2,4,8-10,24H2,(H,26,27)/b5-3+,21-11+. The van der Waals surface area contributed by atoms with E-state index in [4.69, 9.17) is 5.73 Å². The molecule has 0 bridgehead atoms. The molecule has 0 radical (unpaired) electrons. The maximum absolute atomic E-state index is 6.37. The van der Waals surface area contributed by atoms with E-state index in [-0.39, 0.29) is 0 Å². The van der Waals surface area contributed by atoms with Gasteiger partial charge in [0, 0.05) is 22.8 Å². The van der Waals surface area contributed by atoms with Crippen LogP contribution in [0, 0.1) is 0 Å². The molecule has 0 aliphatic heterocycles. The number of nitrogens with one attached hydrogen (secondary N) is 1. The molecule has 0 saturated carbocycles. The second-order valence-electron chi connectivity index (χ2n) is 7.00. The second kappa shape index (κ2) is 7.62. The largest absolute Gasteiger partial charge is 0.398 e. The number of allylic oxidation sites excluding steroid dienone is 4. The van der Waals surface area contributed by atoms with Gasteiger partial charge in [0.15, 0.2) is 0 Å². The van der Waals surface area contributed by atoms with E-state index in [2.05, 4.69) is 33.9 Å². The average molecular weight is 356 g/mol. The third-order valence-corrected chi connectivity index (χ3v) is 5.22. The zero-order valence-electron chi connectivity index (χ0n) is 15.4. The van der Waals surface area contributed by atoms with Crippen molar-refractivity contribution in [1.29, 1.82) is 0 Å². The maximum Gasteiger partial charge on any atom is 0.0695 e. The highest BCUT2D eigenvalue weighted by Crippen LogP contribution is 2.39. The first-order valence-corrected chi connectivity index (χ1v) is 9.43. The van der Waals surface area contributed by atoms with Crippen molar-refractivity contribution in [3.8, 4) is 0 Å². The molecule has 2 aromatic heterocycles. The summed E-state index contributed by atoms with van der Waals surface area (Å²) in [5, 5.41) is 10.2. The topological polar surface area (TPSA) is 67.6 Å². The van der Waals surface area contributed by atoms with Gasteiger partial charge >= 0.3 is 0 Å². The third-order valence-electron chi connectivity index (χ3n) is 5.22. The van der Waals surface area contributed by atoms with Crippen LogP contribution in [0.1, 0.15) is 37.7 Å². The van der Waals surface area contributed by atoms with Crippen LogP contribution in [0.5, 0.6) is 0 Å². The first-order chi connectivity index (χ1) is 13.2. The van der Waals surface area contributed by atoms with Crippen LogP contribution in [0.4, 0.5) is 5.69 Å². The van der Waals surface area contributed by atoms with Gasteiger partial charge in [-0.05, 0) is 67.2 Å². The Morgan fingerprint density at radius 1 is 1.19 bits per heavy atom. The number of aromatic amines is 1. The van der Waals surface area contributed by atoms with E-state index < -0.39 is 0 Å². The molecule has 0 atom stereocenters. The zero-order valence-corrected chi connectivity index (χ0v) is 15.4. The van der Waals surface area contributed by atoms with Gasteiger partial charge in [-0.25, -0.2) is 0 Å². The van der Waals surface area contributed by atoms with Gasteiger partial charge in [-0.2, -0.15) is 5.10 Å². The minimum absolute atomic E-state index is 0.837. The first-order valence-electron chi connectivity index (χ1n) is 9.43. The molecule has 3 aromatic rings. The number of hydrogen-bond acceptors (Lipinski definition) is 3. The number of nitrogens with zero attached hydrogens (tertiary/aromatic N) is 2. The highest BCUT2D eigenvalue weighted by atomic mass is 15.1. The van der Waals surface area contributed by atoms with Crippen molar-refractivity contribution in [2.75, 3.05) is 5.73 Å². The van der Waals surface area contributed by atoms with Gasteiger partial charge in [-0.1, -0.05) is 30.4 Å². The Morgan fingerprint density at radius 2 is 2.07 bits per heavy atom. The number of hydrogen-bond donors (Lipinski definition) is 2. The zero-order chi connectivity index (χ0) is 18.6. The Bertz CT molecular complexity index is 1130. The van der Waals surface area contributed by atoms with E-state index in [1.807, 2.05) is 36.5 Å². The summed E-state index contributed by atoms with van der Waals surface area (Å²) in [7, 11) is 0. The molecule has 0 unspecified atom stereocenters. The van der Waals surface area contributed by atoms with E-state index >= 15 is 0 Å². The van der Waals surface area contributed by atoms with Crippen molar-refractivity contribution in [2.45, 2.75) is 32.1 Å². The van der Waals surface area contributed by atoms with E-state index in [9.17, 15) is 0 Å². The summed E-state index contributed by atoms with van der Waals surface area (Å²) >= 11 is 0. The molecular formula is C23H24N4. The van der Waals surface area contributed by atoms with Crippen molar-refractivity contribution >= 4 is 34.8 Å². The minimum atomic E-state index is 0.837. The highest BCUT2D eigenvalue weighted by Gasteiger charge is 2.18. The van der Waals surface area contributed by atoms with Crippen molar-refractivity contribution in [3.05, 3.63) is 70.5 Å². The number of benzene rings is 1. The Hall–Kier alpha value is -3.14. The van der Waals surface area contributed by atoms with Gasteiger partial charge < -0.3 is 5.73 Å². The molecule has 0 amide bonds. The molecule has 4 nitrogen and oxygen atoms in total. The summed E-state index contributed by atoms with van der Waals surface area (Å²) in [6.45, 7) is 4.01. The summed E-state index contributed by atoms with van der Waals surface area (Å²) in [5.74, 6) is 0. The van der Waals surface area contributed by atoms with Crippen LogP contribution >= 0.6 is 0 Å². The number of H-pyrrole nitrogens is 1. The Balaban J connectivity index is 1.68. The normalized spacial score (nSPS) is 15.9. The Morgan fingerprint density at radius 3 is 2.96 bits per heavy atom. The molecular weight excluding hydrogens is 332 g/mol. The van der Waals surface area contributed by atoms with Gasteiger partial charge in [0.2, 0.25) is 0 Å². The number of anilines is 1. The number of fused-ring (bicyclic) bond motifs is 1. The van der Waals surface area contributed by atoms with Crippen LogP contribution in [-0.4, -0.2) is 15.2 Å². The number of aromatic nitrogens is 3. The van der Waals surface area contributed by atoms with E-state index in [1.165, 1.54) is 24.0 Å². The first kappa shape index (κ1) is 17.3. The fourth-order valence-corrected chi connectivity index (χ4v) is 3.84. The van der Waals surface area contributed by atoms with Crippen LogP contribution in [0.25, 0.3) is 29.1 Å². The molecule has 3 N–H and O–H groups in total. The molecule has 1 aromatic carbocycles. The molecule has 1 aliphatic carbocycles. The summed E-state index contributed by atoms with van der Waals surface area (Å²) in [6.07, 6.45) is 15.6. The quantitative estimate of drug-likeness (QED) is 0.700. The molecule has 4 rings (SSSR count). The number of nitrogen functional groups attached to an aromatic ring is 1. The summed E-state index contributed by atoms with van der Waals surface area (Å²) in [4.78, 5) is 4.36. The van der Waals surface area contributed by atoms with E-state index in [1.54, 1.807) is 6.20 Å². The SMILES string of the molecule is C=c1cccn/c1=C/C=C/CC1=C(c2c(N)ccc3[nH]ncc23)CCCC1. The molecule has 0 spiro atoms. The summed E-state index contributed by atoms with van der Waals surface area (Å²) in [5.41, 5.74) is 12.3. The Kier molecular flexibility index (Phi) is 4.88.